The average molecular weight is 255 g/mol. The number of hydrogen-bond acceptors (Lipinski definition) is 1. The van der Waals surface area contributed by atoms with Crippen molar-refractivity contribution in [2.24, 2.45) is 5.92 Å². The molecule has 1 aliphatic heterocycles. The highest BCUT2D eigenvalue weighted by Gasteiger charge is 2.19. The van der Waals surface area contributed by atoms with Crippen LogP contribution in [0.25, 0.3) is 0 Å². The van der Waals surface area contributed by atoms with E-state index >= 15 is 0 Å². The zero-order chi connectivity index (χ0) is 13.2. The molecule has 0 amide bonds. The lowest BCUT2D eigenvalue weighted by Crippen LogP contribution is -2.25. The lowest BCUT2D eigenvalue weighted by atomic mass is 9.88. The van der Waals surface area contributed by atoms with Crippen LogP contribution in [0.15, 0.2) is 42.5 Å². The predicted octanol–water partition coefficient (Wildman–Crippen LogP) is 3.96. The molecule has 2 aromatic carbocycles. The van der Waals surface area contributed by atoms with Gasteiger partial charge in [-0.15, -0.1) is 0 Å². The highest BCUT2D eigenvalue weighted by atomic mass is 19.1. The molecule has 0 radical (unpaired) electrons. The molecule has 2 heteroatoms. The highest BCUT2D eigenvalue weighted by Crippen LogP contribution is 2.29. The van der Waals surface area contributed by atoms with Crippen molar-refractivity contribution < 1.29 is 4.39 Å². The van der Waals surface area contributed by atoms with E-state index in [1.54, 1.807) is 12.1 Å². The van der Waals surface area contributed by atoms with E-state index in [9.17, 15) is 4.39 Å². The summed E-state index contributed by atoms with van der Waals surface area (Å²) in [5.41, 5.74) is 5.23. The number of hydrogen-bond donors (Lipinski definition) is 1. The lowest BCUT2D eigenvalue weighted by Gasteiger charge is -2.27. The number of rotatable bonds is 2. The normalized spacial score (nSPS) is 17.7. The number of nitrogens with one attached hydrogen (secondary N) is 1. The van der Waals surface area contributed by atoms with Gasteiger partial charge in [-0.3, -0.25) is 0 Å². The summed E-state index contributed by atoms with van der Waals surface area (Å²) in [6.07, 6.45) is 2.10. The minimum Gasteiger partial charge on any atom is -0.384 e. The molecule has 0 spiro atoms. The number of aryl methyl sites for hydroxylation is 1. The number of para-hydroxylation sites is 1. The van der Waals surface area contributed by atoms with Gasteiger partial charge in [-0.05, 0) is 54.5 Å². The number of fused-ring (bicyclic) bond motifs is 1. The van der Waals surface area contributed by atoms with Crippen LogP contribution >= 0.6 is 0 Å². The molecule has 1 aliphatic rings. The molecule has 3 rings (SSSR count). The molecule has 0 saturated heterocycles. The van der Waals surface area contributed by atoms with E-state index in [1.807, 2.05) is 12.1 Å². The molecule has 1 heterocycles. The Morgan fingerprint density at radius 2 is 1.95 bits per heavy atom. The van der Waals surface area contributed by atoms with Crippen LogP contribution in [-0.2, 0) is 12.8 Å². The van der Waals surface area contributed by atoms with Gasteiger partial charge in [-0.25, -0.2) is 4.39 Å². The topological polar surface area (TPSA) is 12.0 Å². The van der Waals surface area contributed by atoms with Crippen LogP contribution < -0.4 is 5.32 Å². The van der Waals surface area contributed by atoms with Crippen molar-refractivity contribution in [1.29, 1.82) is 0 Å². The summed E-state index contributed by atoms with van der Waals surface area (Å²) in [5.74, 6) is 0.422. The van der Waals surface area contributed by atoms with Gasteiger partial charge >= 0.3 is 0 Å². The zero-order valence-corrected chi connectivity index (χ0v) is 11.1. The molecule has 1 atom stereocenters. The fourth-order valence-corrected chi connectivity index (χ4v) is 2.88. The van der Waals surface area contributed by atoms with E-state index < -0.39 is 0 Å². The molecule has 0 aliphatic carbocycles. The number of halogens is 1. The first-order valence-electron chi connectivity index (χ1n) is 6.79. The summed E-state index contributed by atoms with van der Waals surface area (Å²) >= 11 is 0. The van der Waals surface area contributed by atoms with Crippen LogP contribution in [0.3, 0.4) is 0 Å². The second-order valence-electron chi connectivity index (χ2n) is 5.39. The Balaban J connectivity index is 1.74. The summed E-state index contributed by atoms with van der Waals surface area (Å²) in [4.78, 5) is 0. The standard InChI is InChI=1S/C17H18FN/c1-12-3-2-4-15-10-14(11-19-17(12)15)9-13-5-7-16(18)8-6-13/h2-8,14,19H,9-11H2,1H3. The number of anilines is 1. The molecule has 2 aromatic rings. The summed E-state index contributed by atoms with van der Waals surface area (Å²) in [5, 5.41) is 3.54. The van der Waals surface area contributed by atoms with Crippen molar-refractivity contribution in [3.05, 3.63) is 65.0 Å². The second-order valence-corrected chi connectivity index (χ2v) is 5.39. The summed E-state index contributed by atoms with van der Waals surface area (Å²) in [6, 6.07) is 13.3. The third-order valence-corrected chi connectivity index (χ3v) is 3.87. The first kappa shape index (κ1) is 12.2. The second kappa shape index (κ2) is 5.04. The van der Waals surface area contributed by atoms with Crippen molar-refractivity contribution in [2.75, 3.05) is 11.9 Å². The van der Waals surface area contributed by atoms with Crippen LogP contribution in [0, 0.1) is 18.7 Å². The van der Waals surface area contributed by atoms with Gasteiger partial charge in [0.25, 0.3) is 0 Å². The van der Waals surface area contributed by atoms with Gasteiger partial charge in [0.2, 0.25) is 0 Å². The Labute approximate surface area is 113 Å². The third-order valence-electron chi connectivity index (χ3n) is 3.87. The van der Waals surface area contributed by atoms with Crippen molar-refractivity contribution >= 4 is 5.69 Å². The molecule has 0 bridgehead atoms. The average Bonchev–Trinajstić information content (AvgIpc) is 2.42. The SMILES string of the molecule is Cc1cccc2c1NCC(Cc1ccc(F)cc1)C2. The minimum absolute atomic E-state index is 0.161. The molecule has 19 heavy (non-hydrogen) atoms. The van der Waals surface area contributed by atoms with Crippen molar-refractivity contribution in [2.45, 2.75) is 19.8 Å². The molecule has 1 unspecified atom stereocenters. The van der Waals surface area contributed by atoms with Crippen LogP contribution in [-0.4, -0.2) is 6.54 Å². The monoisotopic (exact) mass is 255 g/mol. The minimum atomic E-state index is -0.161. The maximum atomic E-state index is 12.9. The van der Waals surface area contributed by atoms with Gasteiger partial charge in [0.1, 0.15) is 5.82 Å². The van der Waals surface area contributed by atoms with Gasteiger partial charge in [0.05, 0.1) is 0 Å². The molecular formula is C17H18FN. The van der Waals surface area contributed by atoms with Crippen LogP contribution in [0.1, 0.15) is 16.7 Å². The first-order valence-corrected chi connectivity index (χ1v) is 6.79. The van der Waals surface area contributed by atoms with Crippen LogP contribution in [0.4, 0.5) is 10.1 Å². The van der Waals surface area contributed by atoms with E-state index in [0.29, 0.717) is 5.92 Å². The van der Waals surface area contributed by atoms with Gasteiger partial charge in [0, 0.05) is 12.2 Å². The predicted molar refractivity (Wildman–Crippen MR) is 77.0 cm³/mol. The van der Waals surface area contributed by atoms with Crippen molar-refractivity contribution in [3.8, 4) is 0 Å². The molecule has 0 saturated carbocycles. The molecular weight excluding hydrogens is 237 g/mol. The van der Waals surface area contributed by atoms with Gasteiger partial charge < -0.3 is 5.32 Å². The Morgan fingerprint density at radius 1 is 1.16 bits per heavy atom. The van der Waals surface area contributed by atoms with Gasteiger partial charge in [-0.1, -0.05) is 30.3 Å². The van der Waals surface area contributed by atoms with Crippen molar-refractivity contribution in [1.82, 2.24) is 0 Å². The highest BCUT2D eigenvalue weighted by molar-refractivity contribution is 5.58. The smallest absolute Gasteiger partial charge is 0.123 e. The fourth-order valence-electron chi connectivity index (χ4n) is 2.88. The maximum absolute atomic E-state index is 12.9. The fraction of sp³-hybridized carbons (Fsp3) is 0.294. The Kier molecular flexibility index (Phi) is 3.24. The van der Waals surface area contributed by atoms with E-state index in [1.165, 1.54) is 22.4 Å². The molecule has 0 aromatic heterocycles. The quantitative estimate of drug-likeness (QED) is 0.856. The van der Waals surface area contributed by atoms with E-state index in [4.69, 9.17) is 0 Å². The van der Waals surface area contributed by atoms with Crippen molar-refractivity contribution in [3.63, 3.8) is 0 Å². The van der Waals surface area contributed by atoms with E-state index in [2.05, 4.69) is 30.4 Å². The molecule has 1 N–H and O–H groups in total. The third kappa shape index (κ3) is 2.62. The van der Waals surface area contributed by atoms with Gasteiger partial charge in [0.15, 0.2) is 0 Å². The van der Waals surface area contributed by atoms with E-state index in [0.717, 1.165) is 19.4 Å². The summed E-state index contributed by atoms with van der Waals surface area (Å²) in [6.45, 7) is 3.14. The maximum Gasteiger partial charge on any atom is 0.123 e. The Bertz CT molecular complexity index is 574. The van der Waals surface area contributed by atoms with Gasteiger partial charge in [-0.2, -0.15) is 0 Å². The largest absolute Gasteiger partial charge is 0.384 e. The summed E-state index contributed by atoms with van der Waals surface area (Å²) < 4.78 is 12.9. The summed E-state index contributed by atoms with van der Waals surface area (Å²) in [7, 11) is 0. The Morgan fingerprint density at radius 3 is 2.74 bits per heavy atom. The Hall–Kier alpha value is -1.83. The number of benzene rings is 2. The molecule has 0 fully saturated rings. The van der Waals surface area contributed by atoms with Crippen LogP contribution in [0.2, 0.25) is 0 Å². The zero-order valence-electron chi connectivity index (χ0n) is 11.1. The molecule has 1 nitrogen and oxygen atoms in total. The molecule has 98 valence electrons. The first-order chi connectivity index (χ1) is 9.22. The lowest BCUT2D eigenvalue weighted by molar-refractivity contribution is 0.534. The van der Waals surface area contributed by atoms with Crippen LogP contribution in [0.5, 0.6) is 0 Å². The van der Waals surface area contributed by atoms with E-state index in [-0.39, 0.29) is 5.82 Å².